The molecular weight excluding hydrogens is 422 g/mol. The molecule has 1 aromatic carbocycles. The number of nitrogens with zero attached hydrogens (tertiary/aromatic N) is 3. The number of amides is 2. The van der Waals surface area contributed by atoms with Crippen LogP contribution in [0.1, 0.15) is 30.8 Å². The number of thioether (sulfide) groups is 1. The Morgan fingerprint density at radius 3 is 2.48 bits per heavy atom. The first-order chi connectivity index (χ1) is 14.6. The van der Waals surface area contributed by atoms with Gasteiger partial charge in [-0.05, 0) is 69.3 Å². The molecule has 0 saturated carbocycles. The van der Waals surface area contributed by atoms with Crippen LogP contribution in [-0.2, 0) is 14.3 Å². The van der Waals surface area contributed by atoms with Crippen molar-refractivity contribution in [1.29, 1.82) is 0 Å². The van der Waals surface area contributed by atoms with Crippen molar-refractivity contribution in [1.82, 2.24) is 9.47 Å². The van der Waals surface area contributed by atoms with Gasteiger partial charge in [0, 0.05) is 29.2 Å². The minimum atomic E-state index is -1.01. The summed E-state index contributed by atoms with van der Waals surface area (Å²) in [7, 11) is 0. The summed E-state index contributed by atoms with van der Waals surface area (Å²) in [6.07, 6.45) is 1.62. The van der Waals surface area contributed by atoms with Crippen LogP contribution < -0.4 is 0 Å². The molecule has 9 nitrogen and oxygen atoms in total. The summed E-state index contributed by atoms with van der Waals surface area (Å²) in [6.45, 7) is 6.99. The maximum Gasteiger partial charge on any atom is 0.329 e. The molecule has 0 bridgehead atoms. The molecule has 1 atom stereocenters. The van der Waals surface area contributed by atoms with Crippen molar-refractivity contribution in [3.8, 4) is 5.69 Å². The molecule has 31 heavy (non-hydrogen) atoms. The van der Waals surface area contributed by atoms with Crippen LogP contribution in [0.3, 0.4) is 0 Å². The molecule has 2 amide bonds. The third-order valence-corrected chi connectivity index (χ3v) is 5.80. The smallest absolute Gasteiger partial charge is 0.329 e. The molecule has 2 aromatic rings. The number of nitro benzene ring substituents is 1. The summed E-state index contributed by atoms with van der Waals surface area (Å²) >= 11 is 0.772. The number of aryl methyl sites for hydroxylation is 1. The average molecular weight is 443 g/mol. The molecule has 1 aliphatic heterocycles. The molecule has 1 fully saturated rings. The molecule has 0 unspecified atom stereocenters. The number of imide groups is 1. The van der Waals surface area contributed by atoms with Gasteiger partial charge in [0.15, 0.2) is 0 Å². The zero-order valence-corrected chi connectivity index (χ0v) is 18.3. The van der Waals surface area contributed by atoms with Gasteiger partial charge >= 0.3 is 5.97 Å². The normalized spacial score (nSPS) is 16.1. The van der Waals surface area contributed by atoms with Gasteiger partial charge in [-0.15, -0.1) is 0 Å². The maximum atomic E-state index is 12.8. The van der Waals surface area contributed by atoms with Crippen LogP contribution in [0.2, 0.25) is 0 Å². The summed E-state index contributed by atoms with van der Waals surface area (Å²) in [5, 5.41) is 10.4. The fraction of sp³-hybridized carbons (Fsp3) is 0.286. The van der Waals surface area contributed by atoms with E-state index < -0.39 is 28.1 Å². The summed E-state index contributed by atoms with van der Waals surface area (Å²) in [6, 6.07) is 7.00. The number of benzene rings is 1. The average Bonchev–Trinajstić information content (AvgIpc) is 3.16. The Hall–Kier alpha value is -3.40. The number of nitro groups is 1. The van der Waals surface area contributed by atoms with E-state index in [0.29, 0.717) is 0 Å². The highest BCUT2D eigenvalue weighted by atomic mass is 32.2. The highest BCUT2D eigenvalue weighted by Crippen LogP contribution is 2.35. The van der Waals surface area contributed by atoms with Crippen molar-refractivity contribution in [3.05, 3.63) is 62.3 Å². The monoisotopic (exact) mass is 443 g/mol. The SMILES string of the molecule is CCOC(=O)[C@H](C)N1C(=O)S/C(=C\c2cc(C)n(-c3ccc([N+](=O)[O-])cc3)c2C)C1=O. The van der Waals surface area contributed by atoms with Gasteiger partial charge in [-0.3, -0.25) is 24.6 Å². The molecule has 1 aromatic heterocycles. The zero-order chi connectivity index (χ0) is 22.9. The van der Waals surface area contributed by atoms with Gasteiger partial charge in [0.25, 0.3) is 16.8 Å². The van der Waals surface area contributed by atoms with Crippen molar-refractivity contribution < 1.29 is 24.0 Å². The summed E-state index contributed by atoms with van der Waals surface area (Å²) in [4.78, 5) is 48.7. The third-order valence-electron chi connectivity index (χ3n) is 4.91. The Morgan fingerprint density at radius 2 is 1.90 bits per heavy atom. The van der Waals surface area contributed by atoms with Crippen LogP contribution in [0.15, 0.2) is 35.2 Å². The number of esters is 1. The van der Waals surface area contributed by atoms with Gasteiger partial charge in [-0.2, -0.15) is 0 Å². The Balaban J connectivity index is 1.92. The van der Waals surface area contributed by atoms with Crippen LogP contribution >= 0.6 is 11.8 Å². The molecule has 1 saturated heterocycles. The van der Waals surface area contributed by atoms with Gasteiger partial charge in [0.2, 0.25) is 0 Å². The lowest BCUT2D eigenvalue weighted by atomic mass is 10.2. The number of rotatable bonds is 6. The van der Waals surface area contributed by atoms with E-state index in [0.717, 1.165) is 39.3 Å². The van der Waals surface area contributed by atoms with E-state index >= 15 is 0 Å². The number of non-ortho nitro benzene ring substituents is 1. The molecule has 0 N–H and O–H groups in total. The van der Waals surface area contributed by atoms with E-state index in [1.54, 1.807) is 25.1 Å². The number of carbonyl (C=O) groups is 3. The van der Waals surface area contributed by atoms with Crippen LogP contribution in [0.25, 0.3) is 11.8 Å². The lowest BCUT2D eigenvalue weighted by molar-refractivity contribution is -0.384. The Kier molecular flexibility index (Phi) is 6.30. The van der Waals surface area contributed by atoms with Gasteiger partial charge in [-0.25, -0.2) is 4.79 Å². The number of hydrogen-bond acceptors (Lipinski definition) is 7. The second-order valence-electron chi connectivity index (χ2n) is 6.92. The van der Waals surface area contributed by atoms with E-state index in [1.807, 2.05) is 24.5 Å². The Labute approximate surface area is 182 Å². The molecular formula is C21H21N3O6S. The van der Waals surface area contributed by atoms with E-state index in [9.17, 15) is 24.5 Å². The van der Waals surface area contributed by atoms with E-state index in [4.69, 9.17) is 4.74 Å². The number of carbonyl (C=O) groups excluding carboxylic acids is 3. The van der Waals surface area contributed by atoms with Crippen molar-refractivity contribution >= 4 is 40.6 Å². The van der Waals surface area contributed by atoms with E-state index in [-0.39, 0.29) is 17.2 Å². The predicted molar refractivity (Wildman–Crippen MR) is 116 cm³/mol. The molecule has 0 radical (unpaired) electrons. The number of ether oxygens (including phenoxy) is 1. The largest absolute Gasteiger partial charge is 0.464 e. The van der Waals surface area contributed by atoms with Gasteiger partial charge < -0.3 is 9.30 Å². The fourth-order valence-electron chi connectivity index (χ4n) is 3.38. The van der Waals surface area contributed by atoms with Crippen LogP contribution in [0.5, 0.6) is 0 Å². The van der Waals surface area contributed by atoms with Crippen LogP contribution in [0, 0.1) is 24.0 Å². The first-order valence-corrected chi connectivity index (χ1v) is 10.3. The number of hydrogen-bond donors (Lipinski definition) is 0. The van der Waals surface area contributed by atoms with Crippen molar-refractivity contribution in [3.63, 3.8) is 0 Å². The van der Waals surface area contributed by atoms with Crippen LogP contribution in [0.4, 0.5) is 10.5 Å². The highest BCUT2D eigenvalue weighted by Gasteiger charge is 2.41. The van der Waals surface area contributed by atoms with Gasteiger partial charge in [0.1, 0.15) is 6.04 Å². The first kappa shape index (κ1) is 22.3. The van der Waals surface area contributed by atoms with Gasteiger partial charge in [-0.1, -0.05) is 0 Å². The molecule has 0 spiro atoms. The summed E-state index contributed by atoms with van der Waals surface area (Å²) in [5.74, 6) is -1.18. The molecule has 2 heterocycles. The quantitative estimate of drug-likeness (QED) is 0.287. The molecule has 0 aliphatic carbocycles. The topological polar surface area (TPSA) is 112 Å². The predicted octanol–water partition coefficient (Wildman–Crippen LogP) is 3.99. The van der Waals surface area contributed by atoms with Gasteiger partial charge in [0.05, 0.1) is 16.4 Å². The standard InChI is InChI=1S/C21H21N3O6S/c1-5-30-20(26)14(4)23-19(25)18(31-21(23)27)11-15-10-12(2)22(13(15)3)16-6-8-17(9-7-16)24(28)29/h6-11,14H,5H2,1-4H3/b18-11-/t14-/m0/s1. The zero-order valence-electron chi connectivity index (χ0n) is 17.4. The maximum absolute atomic E-state index is 12.8. The second-order valence-corrected chi connectivity index (χ2v) is 7.91. The fourth-order valence-corrected chi connectivity index (χ4v) is 4.28. The third kappa shape index (κ3) is 4.24. The molecule has 3 rings (SSSR count). The van der Waals surface area contributed by atoms with E-state index in [2.05, 4.69) is 0 Å². The highest BCUT2D eigenvalue weighted by molar-refractivity contribution is 8.18. The minimum absolute atomic E-state index is 0.00386. The minimum Gasteiger partial charge on any atom is -0.464 e. The van der Waals surface area contributed by atoms with Crippen molar-refractivity contribution in [2.45, 2.75) is 33.7 Å². The van der Waals surface area contributed by atoms with Crippen LogP contribution in [-0.4, -0.2) is 44.2 Å². The first-order valence-electron chi connectivity index (χ1n) is 9.53. The second kappa shape index (κ2) is 8.76. The van der Waals surface area contributed by atoms with Crippen molar-refractivity contribution in [2.75, 3.05) is 6.61 Å². The molecule has 162 valence electrons. The Bertz CT molecular complexity index is 1100. The summed E-state index contributed by atoms with van der Waals surface area (Å²) < 4.78 is 6.82. The lowest BCUT2D eigenvalue weighted by Crippen LogP contribution is -2.42. The summed E-state index contributed by atoms with van der Waals surface area (Å²) in [5.41, 5.74) is 3.12. The van der Waals surface area contributed by atoms with E-state index in [1.165, 1.54) is 19.1 Å². The van der Waals surface area contributed by atoms with Crippen molar-refractivity contribution in [2.24, 2.45) is 0 Å². The molecule has 10 heteroatoms. The number of aromatic nitrogens is 1. The lowest BCUT2D eigenvalue weighted by Gasteiger charge is -2.19. The Morgan fingerprint density at radius 1 is 1.26 bits per heavy atom. The molecule has 1 aliphatic rings.